The molecule has 0 saturated carbocycles. The lowest BCUT2D eigenvalue weighted by Crippen LogP contribution is -3.00. The molecular weight excluding hydrogens is 584 g/mol. The molecule has 0 atom stereocenters. The van der Waals surface area contributed by atoms with E-state index in [0.29, 0.717) is 13.2 Å². The van der Waals surface area contributed by atoms with Crippen molar-refractivity contribution in [3.63, 3.8) is 0 Å². The third kappa shape index (κ3) is 50.6. The van der Waals surface area contributed by atoms with E-state index in [9.17, 15) is 9.90 Å². The highest BCUT2D eigenvalue weighted by Crippen LogP contribution is 2.14. The van der Waals surface area contributed by atoms with Gasteiger partial charge in [-0.25, -0.2) is 0 Å². The maximum Gasteiger partial charge on any atom is 0.0804 e. The minimum absolute atomic E-state index is 0. The molecule has 0 spiro atoms. The molecule has 0 unspecified atom stereocenters. The van der Waals surface area contributed by atoms with E-state index in [2.05, 4.69) is 49.0 Å². The summed E-state index contributed by atoms with van der Waals surface area (Å²) in [6, 6.07) is 0. The number of aliphatic carboxylic acids is 1. The highest BCUT2D eigenvalue weighted by molar-refractivity contribution is 5.64. The molecule has 276 valence electrons. The number of rotatable bonds is 30. The molecule has 0 aromatic rings. The first-order chi connectivity index (χ1) is 21.0. The highest BCUT2D eigenvalue weighted by Gasteiger charge is 2.12. The van der Waals surface area contributed by atoms with Gasteiger partial charge in [0.15, 0.2) is 0 Å². The Morgan fingerprint density at radius 3 is 0.933 bits per heavy atom. The van der Waals surface area contributed by atoms with Crippen LogP contribution in [-0.2, 0) is 4.79 Å². The lowest BCUT2D eigenvalue weighted by atomic mass is 10.0. The number of nitrogens with zero attached hydrogens (tertiary/aromatic N) is 2. The molecule has 0 aliphatic rings. The first-order valence-corrected chi connectivity index (χ1v) is 19.1. The van der Waals surface area contributed by atoms with Gasteiger partial charge in [0, 0.05) is 32.0 Å². The zero-order valence-electron chi connectivity index (χ0n) is 31.7. The van der Waals surface area contributed by atoms with Crippen molar-refractivity contribution in [2.24, 2.45) is 0 Å². The van der Waals surface area contributed by atoms with Gasteiger partial charge in [-0.3, -0.25) is 0 Å². The van der Waals surface area contributed by atoms with E-state index < -0.39 is 5.97 Å². The van der Waals surface area contributed by atoms with Crippen LogP contribution in [0.2, 0.25) is 0 Å². The van der Waals surface area contributed by atoms with E-state index in [4.69, 9.17) is 10.2 Å². The molecule has 0 radical (unpaired) electrons. The topological polar surface area (TPSA) is 80.6 Å². The van der Waals surface area contributed by atoms with E-state index in [1.165, 1.54) is 135 Å². The summed E-state index contributed by atoms with van der Waals surface area (Å²) in [4.78, 5) is 10.3. The Balaban J connectivity index is -0.000000330. The fourth-order valence-electron chi connectivity index (χ4n) is 5.78. The summed E-state index contributed by atoms with van der Waals surface area (Å²) in [6.07, 6.45) is 30.0. The van der Waals surface area contributed by atoms with Gasteiger partial charge in [-0.1, -0.05) is 136 Å². The third-order valence-corrected chi connectivity index (χ3v) is 8.49. The molecule has 0 fully saturated rings. The van der Waals surface area contributed by atoms with Crippen molar-refractivity contribution in [1.82, 2.24) is 0 Å². The quantitative estimate of drug-likeness (QED) is 0.0809. The molecule has 6 nitrogen and oxygen atoms in total. The molecule has 0 aromatic carbocycles. The molecule has 2 N–H and O–H groups in total. The molecule has 0 amide bonds. The fraction of sp³-hybridized carbons (Fsp3) is 0.974. The van der Waals surface area contributed by atoms with Gasteiger partial charge < -0.3 is 41.5 Å². The van der Waals surface area contributed by atoms with Gasteiger partial charge in [-0.05, 0) is 25.7 Å². The monoisotopic (exact) mass is 667 g/mol. The van der Waals surface area contributed by atoms with Crippen LogP contribution in [0.1, 0.15) is 175 Å². The van der Waals surface area contributed by atoms with E-state index in [1.807, 2.05) is 0 Å². The first-order valence-electron chi connectivity index (χ1n) is 19.1. The Kier molecular flexibility index (Phi) is 45.5. The molecule has 0 aliphatic heterocycles. The summed E-state index contributed by atoms with van der Waals surface area (Å²) in [7, 11) is 8.83. The third-order valence-electron chi connectivity index (χ3n) is 8.49. The zero-order chi connectivity index (χ0) is 33.8. The normalized spacial score (nSPS) is 11.2. The molecule has 0 rings (SSSR count). The van der Waals surface area contributed by atoms with Crippen LogP contribution < -0.4 is 17.5 Å². The molecule has 45 heavy (non-hydrogen) atoms. The molecule has 7 heteroatoms. The van der Waals surface area contributed by atoms with Crippen LogP contribution in [0.3, 0.4) is 0 Å². The Hall–Kier alpha value is -0.400. The van der Waals surface area contributed by atoms with Crippen molar-refractivity contribution < 1.29 is 41.5 Å². The largest absolute Gasteiger partial charge is 1.00 e. The Morgan fingerprint density at radius 1 is 0.444 bits per heavy atom. The Bertz CT molecular complexity index is 540. The van der Waals surface area contributed by atoms with E-state index in [-0.39, 0.29) is 18.8 Å². The van der Waals surface area contributed by atoms with Crippen LogP contribution in [0, 0.1) is 0 Å². The van der Waals surface area contributed by atoms with Crippen molar-refractivity contribution in [2.75, 3.05) is 67.6 Å². The van der Waals surface area contributed by atoms with Gasteiger partial charge in [0.1, 0.15) is 0 Å². The predicted octanol–water partition coefficient (Wildman–Crippen LogP) is 5.27. The second kappa shape index (κ2) is 39.8. The minimum atomic E-state index is -0.901. The molecule has 0 heterocycles. The number of halogens is 1. The van der Waals surface area contributed by atoms with Crippen LogP contribution in [0.25, 0.3) is 0 Å². The molecule has 0 aliphatic carbocycles. The van der Waals surface area contributed by atoms with Gasteiger partial charge in [-0.15, -0.1) is 0 Å². The van der Waals surface area contributed by atoms with E-state index in [0.717, 1.165) is 47.7 Å². The summed E-state index contributed by atoms with van der Waals surface area (Å²) < 4.78 is 2.08. The highest BCUT2D eigenvalue weighted by atomic mass is 35.5. The SMILES string of the molecule is CCCCCCCCCCCCCCCCCCCCCC(=O)[O-].CCC[N+](C)(C)CCCO.CCC[N+](C)(C)CCCO.[Cl-]. The average molecular weight is 668 g/mol. The number of carbonyl (C=O) groups is 1. The number of unbranched alkanes of at least 4 members (excludes halogenated alkanes) is 18. The zero-order valence-corrected chi connectivity index (χ0v) is 32.5. The summed E-state index contributed by atoms with van der Waals surface area (Å²) in [5.74, 6) is -0.901. The van der Waals surface area contributed by atoms with Gasteiger partial charge in [0.2, 0.25) is 0 Å². The van der Waals surface area contributed by atoms with Crippen LogP contribution in [0.15, 0.2) is 0 Å². The van der Waals surface area contributed by atoms with E-state index >= 15 is 0 Å². The first kappa shape index (κ1) is 51.4. The molecular formula is C38H83ClN2O4. The average Bonchev–Trinajstić information content (AvgIpc) is 2.97. The van der Waals surface area contributed by atoms with Crippen molar-refractivity contribution >= 4 is 5.97 Å². The summed E-state index contributed by atoms with van der Waals surface area (Å²) in [6.45, 7) is 11.9. The summed E-state index contributed by atoms with van der Waals surface area (Å²) in [5.41, 5.74) is 0. The number of hydrogen-bond acceptors (Lipinski definition) is 4. The second-order valence-corrected chi connectivity index (χ2v) is 14.4. The maximum absolute atomic E-state index is 10.3. The number of aliphatic hydroxyl groups excluding tert-OH is 2. The van der Waals surface area contributed by atoms with Crippen molar-refractivity contribution in [1.29, 1.82) is 0 Å². The van der Waals surface area contributed by atoms with Crippen molar-refractivity contribution in [3.8, 4) is 0 Å². The number of carbonyl (C=O) groups excluding carboxylic acids is 1. The summed E-state index contributed by atoms with van der Waals surface area (Å²) in [5, 5.41) is 27.4. The lowest BCUT2D eigenvalue weighted by Gasteiger charge is -2.28. The number of quaternary nitrogens is 2. The number of carboxylic acid groups (broad SMARTS) is 1. The van der Waals surface area contributed by atoms with Crippen molar-refractivity contribution in [2.45, 2.75) is 175 Å². The Labute approximate surface area is 289 Å². The maximum atomic E-state index is 10.3. The lowest BCUT2D eigenvalue weighted by molar-refractivity contribution is -0.890. The fourth-order valence-corrected chi connectivity index (χ4v) is 5.78. The minimum Gasteiger partial charge on any atom is -1.00 e. The molecule has 0 bridgehead atoms. The number of carboxylic acids is 1. The second-order valence-electron chi connectivity index (χ2n) is 14.4. The van der Waals surface area contributed by atoms with Crippen LogP contribution in [0.4, 0.5) is 0 Å². The molecule has 0 saturated heterocycles. The van der Waals surface area contributed by atoms with E-state index in [1.54, 1.807) is 0 Å². The molecule has 0 aromatic heterocycles. The van der Waals surface area contributed by atoms with Gasteiger partial charge in [0.25, 0.3) is 0 Å². The number of aliphatic hydroxyl groups is 2. The van der Waals surface area contributed by atoms with Crippen molar-refractivity contribution in [3.05, 3.63) is 0 Å². The van der Waals surface area contributed by atoms with Crippen LogP contribution >= 0.6 is 0 Å². The smallest absolute Gasteiger partial charge is 0.0804 e. The predicted molar refractivity (Wildman–Crippen MR) is 191 cm³/mol. The van der Waals surface area contributed by atoms with Crippen LogP contribution in [-0.4, -0.2) is 92.7 Å². The van der Waals surface area contributed by atoms with Gasteiger partial charge in [0.05, 0.1) is 54.4 Å². The van der Waals surface area contributed by atoms with Gasteiger partial charge in [-0.2, -0.15) is 0 Å². The Morgan fingerprint density at radius 2 is 0.711 bits per heavy atom. The number of hydrogen-bond donors (Lipinski definition) is 2. The standard InChI is InChI=1S/C22H44O2.2C8H20NO.ClH/c1-2-3-4-5-6-7-8-9-10-11-12-13-14-15-16-17-18-19-20-21-22(23)24;2*1-4-6-9(2,3)7-5-8-10;/h2-21H2,1H3,(H,23,24);2*10H,4-8H2,1-3H3;1H/q;2*+1;/p-2. The van der Waals surface area contributed by atoms with Crippen LogP contribution in [0.5, 0.6) is 0 Å². The summed E-state index contributed by atoms with van der Waals surface area (Å²) >= 11 is 0. The van der Waals surface area contributed by atoms with Gasteiger partial charge >= 0.3 is 0 Å².